The van der Waals surface area contributed by atoms with Crippen molar-refractivity contribution in [2.45, 2.75) is 56.3 Å². The zero-order valence-electron chi connectivity index (χ0n) is 21.7. The monoisotopic (exact) mass is 551 g/mol. The van der Waals surface area contributed by atoms with Gasteiger partial charge in [0.15, 0.2) is 33.0 Å². The molecule has 206 valence electrons. The highest BCUT2D eigenvalue weighted by atomic mass is 32.2. The lowest BCUT2D eigenvalue weighted by molar-refractivity contribution is 0.00133. The molecule has 0 bridgehead atoms. The van der Waals surface area contributed by atoms with Crippen molar-refractivity contribution >= 4 is 9.84 Å². The van der Waals surface area contributed by atoms with Gasteiger partial charge < -0.3 is 18.9 Å². The van der Waals surface area contributed by atoms with E-state index in [1.165, 1.54) is 27.5 Å². The maximum atomic E-state index is 13.8. The van der Waals surface area contributed by atoms with Gasteiger partial charge in [-0.2, -0.15) is 9.97 Å². The first-order valence-electron chi connectivity index (χ1n) is 12.0. The smallest absolute Gasteiger partial charge is 0.245 e. The highest BCUT2D eigenvalue weighted by Crippen LogP contribution is 2.35. The molecule has 0 amide bonds. The molecule has 0 radical (unpaired) electrons. The second-order valence-electron chi connectivity index (χ2n) is 8.99. The summed E-state index contributed by atoms with van der Waals surface area (Å²) in [6.45, 7) is 5.95. The SMILES string of the molecule is COc1ncnc(OC)c1-n1c(CS(=O)(=O)[C@@H](C)[C@@H](OC(C)C)c2ncc(F)cn2)nnc1[C@H]1CCOC1. The Labute approximate surface area is 219 Å². The lowest BCUT2D eigenvalue weighted by atomic mass is 10.1. The van der Waals surface area contributed by atoms with E-state index < -0.39 is 32.8 Å². The van der Waals surface area contributed by atoms with E-state index in [0.717, 1.165) is 12.4 Å². The number of rotatable bonds is 11. The van der Waals surface area contributed by atoms with Crippen LogP contribution in [0.5, 0.6) is 11.8 Å². The van der Waals surface area contributed by atoms with Gasteiger partial charge in [0, 0.05) is 12.5 Å². The Balaban J connectivity index is 1.78. The predicted molar refractivity (Wildman–Crippen MR) is 131 cm³/mol. The van der Waals surface area contributed by atoms with Crippen LogP contribution in [0.15, 0.2) is 18.7 Å². The van der Waals surface area contributed by atoms with Crippen molar-refractivity contribution in [3.05, 3.63) is 42.0 Å². The Morgan fingerprint density at radius 2 is 1.74 bits per heavy atom. The molecule has 1 saturated heterocycles. The van der Waals surface area contributed by atoms with Gasteiger partial charge in [-0.1, -0.05) is 0 Å². The lowest BCUT2D eigenvalue weighted by Gasteiger charge is -2.25. The largest absolute Gasteiger partial charge is 0.479 e. The van der Waals surface area contributed by atoms with Crippen molar-refractivity contribution in [2.75, 3.05) is 27.4 Å². The molecule has 0 spiro atoms. The van der Waals surface area contributed by atoms with E-state index in [1.807, 2.05) is 0 Å². The second-order valence-corrected chi connectivity index (χ2v) is 11.3. The van der Waals surface area contributed by atoms with Gasteiger partial charge in [-0.15, -0.1) is 10.2 Å². The molecule has 1 fully saturated rings. The van der Waals surface area contributed by atoms with Crippen molar-refractivity contribution in [3.8, 4) is 17.4 Å². The number of hydrogen-bond donors (Lipinski definition) is 0. The molecule has 1 aliphatic rings. The minimum Gasteiger partial charge on any atom is -0.479 e. The number of nitrogens with zero attached hydrogens (tertiary/aromatic N) is 7. The normalized spacial score (nSPS) is 17.5. The van der Waals surface area contributed by atoms with Gasteiger partial charge in [0.2, 0.25) is 11.8 Å². The van der Waals surface area contributed by atoms with Gasteiger partial charge in [0.05, 0.1) is 44.6 Å². The van der Waals surface area contributed by atoms with Crippen LogP contribution in [0.2, 0.25) is 0 Å². The number of ether oxygens (including phenoxy) is 4. The van der Waals surface area contributed by atoms with E-state index in [-0.39, 0.29) is 41.1 Å². The van der Waals surface area contributed by atoms with Crippen molar-refractivity contribution in [3.63, 3.8) is 0 Å². The average molecular weight is 552 g/mol. The Morgan fingerprint density at radius 1 is 1.08 bits per heavy atom. The highest BCUT2D eigenvalue weighted by Gasteiger charge is 2.37. The van der Waals surface area contributed by atoms with Crippen molar-refractivity contribution in [2.24, 2.45) is 0 Å². The molecule has 0 N–H and O–H groups in total. The fourth-order valence-corrected chi connectivity index (χ4v) is 5.52. The van der Waals surface area contributed by atoms with Crippen LogP contribution < -0.4 is 9.47 Å². The number of aromatic nitrogens is 7. The Morgan fingerprint density at radius 3 is 2.29 bits per heavy atom. The average Bonchev–Trinajstić information content (AvgIpc) is 3.56. The summed E-state index contributed by atoms with van der Waals surface area (Å²) in [6.07, 6.45) is 2.49. The van der Waals surface area contributed by atoms with E-state index >= 15 is 0 Å². The van der Waals surface area contributed by atoms with E-state index in [1.54, 1.807) is 18.4 Å². The van der Waals surface area contributed by atoms with Crippen LogP contribution >= 0.6 is 0 Å². The molecular weight excluding hydrogens is 521 g/mol. The third-order valence-corrected chi connectivity index (χ3v) is 8.09. The number of methoxy groups -OCH3 is 2. The summed E-state index contributed by atoms with van der Waals surface area (Å²) < 4.78 is 64.9. The molecule has 3 atom stereocenters. The van der Waals surface area contributed by atoms with Crippen LogP contribution in [-0.2, 0) is 25.1 Å². The van der Waals surface area contributed by atoms with Crippen molar-refractivity contribution in [1.82, 2.24) is 34.7 Å². The van der Waals surface area contributed by atoms with Gasteiger partial charge >= 0.3 is 0 Å². The van der Waals surface area contributed by atoms with E-state index in [9.17, 15) is 12.8 Å². The summed E-state index contributed by atoms with van der Waals surface area (Å²) in [6, 6.07) is 0. The highest BCUT2D eigenvalue weighted by molar-refractivity contribution is 7.91. The van der Waals surface area contributed by atoms with Crippen LogP contribution in [-0.4, -0.2) is 81.9 Å². The van der Waals surface area contributed by atoms with E-state index in [0.29, 0.717) is 25.5 Å². The predicted octanol–water partition coefficient (Wildman–Crippen LogP) is 1.98. The first-order valence-corrected chi connectivity index (χ1v) is 13.7. The summed E-state index contributed by atoms with van der Waals surface area (Å²) in [5.74, 6) is -0.353. The van der Waals surface area contributed by atoms with Crippen LogP contribution in [0, 0.1) is 5.82 Å². The second kappa shape index (κ2) is 11.6. The third-order valence-electron chi connectivity index (χ3n) is 6.05. The molecule has 1 aliphatic heterocycles. The molecule has 38 heavy (non-hydrogen) atoms. The van der Waals surface area contributed by atoms with Gasteiger partial charge in [-0.3, -0.25) is 4.57 Å². The van der Waals surface area contributed by atoms with Crippen molar-refractivity contribution < 1.29 is 31.8 Å². The molecule has 4 heterocycles. The van der Waals surface area contributed by atoms with Crippen LogP contribution in [0.3, 0.4) is 0 Å². The maximum absolute atomic E-state index is 13.8. The molecule has 4 rings (SSSR count). The van der Waals surface area contributed by atoms with Gasteiger partial charge in [0.25, 0.3) is 0 Å². The van der Waals surface area contributed by atoms with E-state index in [4.69, 9.17) is 18.9 Å². The minimum absolute atomic E-state index is 0.0567. The number of hydrogen-bond acceptors (Lipinski definition) is 12. The topological polar surface area (TPSA) is 153 Å². The molecule has 15 heteroatoms. The molecule has 3 aromatic heterocycles. The third kappa shape index (κ3) is 5.73. The molecule has 0 aliphatic carbocycles. The van der Waals surface area contributed by atoms with Crippen LogP contribution in [0.4, 0.5) is 4.39 Å². The standard InChI is InChI=1S/C23H30FN7O6S/c1-13(2)37-19(20-25-8-16(24)9-26-20)14(3)38(32,33)11-17-29-30-21(15-6-7-36-10-15)31(17)18-22(34-4)27-12-28-23(18)35-5/h8-9,12-15,19H,6-7,10-11H2,1-5H3/t14-,15-,19+/m0/s1. The van der Waals surface area contributed by atoms with E-state index in [2.05, 4.69) is 30.1 Å². The Bertz CT molecular complexity index is 1320. The Kier molecular flexibility index (Phi) is 8.47. The fourth-order valence-electron chi connectivity index (χ4n) is 4.15. The minimum atomic E-state index is -3.97. The number of sulfone groups is 1. The molecular formula is C23H30FN7O6S. The summed E-state index contributed by atoms with van der Waals surface area (Å²) in [5.41, 5.74) is 0.277. The first kappa shape index (κ1) is 27.7. The molecule has 0 unspecified atom stereocenters. The number of halogens is 1. The van der Waals surface area contributed by atoms with Gasteiger partial charge in [0.1, 0.15) is 24.0 Å². The quantitative estimate of drug-likeness (QED) is 0.342. The maximum Gasteiger partial charge on any atom is 0.245 e. The molecule has 13 nitrogen and oxygen atoms in total. The van der Waals surface area contributed by atoms with Crippen LogP contribution in [0.1, 0.15) is 56.7 Å². The van der Waals surface area contributed by atoms with Crippen molar-refractivity contribution in [1.29, 1.82) is 0 Å². The fraction of sp³-hybridized carbons (Fsp3) is 0.565. The first-order chi connectivity index (χ1) is 18.2. The molecule has 0 aromatic carbocycles. The zero-order chi connectivity index (χ0) is 27.4. The lowest BCUT2D eigenvalue weighted by Crippen LogP contribution is -2.32. The summed E-state index contributed by atoms with van der Waals surface area (Å²) in [5, 5.41) is 7.47. The van der Waals surface area contributed by atoms with Crippen LogP contribution in [0.25, 0.3) is 5.69 Å². The summed E-state index contributed by atoms with van der Waals surface area (Å²) in [7, 11) is -1.10. The van der Waals surface area contributed by atoms with Gasteiger partial charge in [-0.25, -0.2) is 22.8 Å². The summed E-state index contributed by atoms with van der Waals surface area (Å²) in [4.78, 5) is 16.3. The molecule has 3 aromatic rings. The summed E-state index contributed by atoms with van der Waals surface area (Å²) >= 11 is 0. The Hall–Kier alpha value is -3.30. The van der Waals surface area contributed by atoms with Gasteiger partial charge in [-0.05, 0) is 27.2 Å². The zero-order valence-corrected chi connectivity index (χ0v) is 22.6. The molecule has 0 saturated carbocycles.